The first kappa shape index (κ1) is 11.2. The van der Waals surface area contributed by atoms with Crippen molar-refractivity contribution in [1.82, 2.24) is 5.32 Å². The lowest BCUT2D eigenvalue weighted by Crippen LogP contribution is -2.37. The number of anilines is 1. The summed E-state index contributed by atoms with van der Waals surface area (Å²) < 4.78 is 10.5. The smallest absolute Gasteiger partial charge is 0.319 e. The van der Waals surface area contributed by atoms with E-state index in [9.17, 15) is 4.79 Å². The van der Waals surface area contributed by atoms with E-state index in [1.165, 1.54) is 12.8 Å². The van der Waals surface area contributed by atoms with Crippen LogP contribution in [0.5, 0.6) is 11.5 Å². The van der Waals surface area contributed by atoms with E-state index < -0.39 is 0 Å². The summed E-state index contributed by atoms with van der Waals surface area (Å²) in [6.45, 7) is 2.28. The zero-order valence-corrected chi connectivity index (χ0v) is 10.2. The number of benzene rings is 1. The topological polar surface area (TPSA) is 59.6 Å². The normalized spacial score (nSPS) is 18.3. The molecule has 18 heavy (non-hydrogen) atoms. The van der Waals surface area contributed by atoms with Gasteiger partial charge in [-0.25, -0.2) is 4.79 Å². The maximum Gasteiger partial charge on any atom is 0.319 e. The number of carbonyl (C=O) groups excluding carboxylic acids is 1. The van der Waals surface area contributed by atoms with Gasteiger partial charge in [0.2, 0.25) is 6.79 Å². The Morgan fingerprint density at radius 3 is 2.89 bits per heavy atom. The molecule has 1 aliphatic carbocycles. The minimum absolute atomic E-state index is 0.173. The van der Waals surface area contributed by atoms with E-state index in [0.29, 0.717) is 23.1 Å². The minimum Gasteiger partial charge on any atom is -0.454 e. The second kappa shape index (κ2) is 4.40. The van der Waals surface area contributed by atoms with Crippen LogP contribution >= 0.6 is 0 Å². The average molecular weight is 248 g/mol. The summed E-state index contributed by atoms with van der Waals surface area (Å²) in [5.41, 5.74) is 0.708. The summed E-state index contributed by atoms with van der Waals surface area (Å²) in [5.74, 6) is 2.03. The van der Waals surface area contributed by atoms with Crippen LogP contribution < -0.4 is 20.1 Å². The van der Waals surface area contributed by atoms with Crippen molar-refractivity contribution in [1.29, 1.82) is 0 Å². The van der Waals surface area contributed by atoms with E-state index >= 15 is 0 Å². The molecule has 1 atom stereocenters. The fraction of sp³-hybridized carbons (Fsp3) is 0.462. The van der Waals surface area contributed by atoms with Gasteiger partial charge in [0.05, 0.1) is 0 Å². The molecule has 2 aliphatic rings. The summed E-state index contributed by atoms with van der Waals surface area (Å²) in [4.78, 5) is 11.8. The minimum atomic E-state index is -0.173. The van der Waals surface area contributed by atoms with Gasteiger partial charge in [0, 0.05) is 17.8 Å². The zero-order chi connectivity index (χ0) is 12.5. The number of urea groups is 1. The Morgan fingerprint density at radius 2 is 2.11 bits per heavy atom. The Hall–Kier alpha value is -1.91. The van der Waals surface area contributed by atoms with Crippen molar-refractivity contribution in [2.24, 2.45) is 5.92 Å². The largest absolute Gasteiger partial charge is 0.454 e. The third kappa shape index (κ3) is 2.34. The van der Waals surface area contributed by atoms with Gasteiger partial charge < -0.3 is 20.1 Å². The predicted octanol–water partition coefficient (Wildman–Crippen LogP) is 2.34. The van der Waals surface area contributed by atoms with Gasteiger partial charge in [0.1, 0.15) is 0 Å². The lowest BCUT2D eigenvalue weighted by atomic mass is 10.2. The van der Waals surface area contributed by atoms with Crippen molar-refractivity contribution >= 4 is 11.7 Å². The van der Waals surface area contributed by atoms with Crippen LogP contribution in [0.2, 0.25) is 0 Å². The monoisotopic (exact) mass is 248 g/mol. The number of nitrogens with one attached hydrogen (secondary N) is 2. The summed E-state index contributed by atoms with van der Waals surface area (Å²) in [6.07, 6.45) is 2.43. The van der Waals surface area contributed by atoms with Gasteiger partial charge in [0.25, 0.3) is 0 Å². The maximum atomic E-state index is 11.8. The summed E-state index contributed by atoms with van der Waals surface area (Å²) in [6, 6.07) is 5.42. The van der Waals surface area contributed by atoms with Gasteiger partial charge >= 0.3 is 6.03 Å². The first-order chi connectivity index (χ1) is 8.72. The molecule has 0 bridgehead atoms. The van der Waals surface area contributed by atoms with Crippen LogP contribution in [0.25, 0.3) is 0 Å². The Balaban J connectivity index is 1.59. The lowest BCUT2D eigenvalue weighted by Gasteiger charge is -2.13. The molecular formula is C13H16N2O3. The molecule has 0 radical (unpaired) electrons. The van der Waals surface area contributed by atoms with Crippen LogP contribution in [0.1, 0.15) is 19.8 Å². The third-order valence-corrected chi connectivity index (χ3v) is 3.32. The average Bonchev–Trinajstić information content (AvgIpc) is 3.08. The number of rotatable bonds is 3. The lowest BCUT2D eigenvalue weighted by molar-refractivity contribution is 0.174. The van der Waals surface area contributed by atoms with E-state index in [1.807, 2.05) is 6.92 Å². The van der Waals surface area contributed by atoms with E-state index in [1.54, 1.807) is 18.2 Å². The molecule has 0 spiro atoms. The highest BCUT2D eigenvalue weighted by molar-refractivity contribution is 5.89. The van der Waals surface area contributed by atoms with Crippen LogP contribution in [0, 0.1) is 5.92 Å². The molecule has 1 aliphatic heterocycles. The molecule has 2 amide bonds. The van der Waals surface area contributed by atoms with Crippen LogP contribution in [0.15, 0.2) is 18.2 Å². The van der Waals surface area contributed by atoms with Crippen molar-refractivity contribution in [2.45, 2.75) is 25.8 Å². The number of fused-ring (bicyclic) bond motifs is 1. The molecule has 0 aromatic heterocycles. The Labute approximate surface area is 105 Å². The molecule has 3 rings (SSSR count). The van der Waals surface area contributed by atoms with E-state index in [2.05, 4.69) is 10.6 Å². The highest BCUT2D eigenvalue weighted by Crippen LogP contribution is 2.34. The first-order valence-electron chi connectivity index (χ1n) is 6.19. The SMILES string of the molecule is CC(NC(=O)Nc1ccc2c(c1)OCO2)C1CC1. The second-order valence-electron chi connectivity index (χ2n) is 4.79. The Kier molecular flexibility index (Phi) is 2.74. The quantitative estimate of drug-likeness (QED) is 0.863. The molecule has 5 nitrogen and oxygen atoms in total. The number of carbonyl (C=O) groups is 1. The van der Waals surface area contributed by atoms with Gasteiger partial charge in [-0.3, -0.25) is 0 Å². The molecule has 1 aromatic rings. The molecule has 1 aromatic carbocycles. The van der Waals surface area contributed by atoms with Gasteiger partial charge in [-0.1, -0.05) is 0 Å². The number of hydrogen-bond acceptors (Lipinski definition) is 3. The maximum absolute atomic E-state index is 11.8. The Bertz CT molecular complexity index is 471. The van der Waals surface area contributed by atoms with Gasteiger partial charge in [-0.15, -0.1) is 0 Å². The fourth-order valence-corrected chi connectivity index (χ4v) is 2.06. The van der Waals surface area contributed by atoms with Crippen molar-refractivity contribution in [3.05, 3.63) is 18.2 Å². The van der Waals surface area contributed by atoms with Crippen LogP contribution in [-0.4, -0.2) is 18.9 Å². The van der Waals surface area contributed by atoms with Gasteiger partial charge in [-0.05, 0) is 37.8 Å². The zero-order valence-electron chi connectivity index (χ0n) is 10.2. The van der Waals surface area contributed by atoms with Crippen molar-refractivity contribution in [3.63, 3.8) is 0 Å². The van der Waals surface area contributed by atoms with Gasteiger partial charge in [-0.2, -0.15) is 0 Å². The second-order valence-corrected chi connectivity index (χ2v) is 4.79. The molecule has 5 heteroatoms. The number of amides is 2. The van der Waals surface area contributed by atoms with E-state index in [4.69, 9.17) is 9.47 Å². The molecule has 2 N–H and O–H groups in total. The number of ether oxygens (including phenoxy) is 2. The number of hydrogen-bond donors (Lipinski definition) is 2. The highest BCUT2D eigenvalue weighted by Gasteiger charge is 2.28. The van der Waals surface area contributed by atoms with E-state index in [-0.39, 0.29) is 18.9 Å². The first-order valence-corrected chi connectivity index (χ1v) is 6.19. The predicted molar refractivity (Wildman–Crippen MR) is 66.9 cm³/mol. The molecule has 1 fully saturated rings. The summed E-state index contributed by atoms with van der Waals surface area (Å²) >= 11 is 0. The Morgan fingerprint density at radius 1 is 1.33 bits per heavy atom. The van der Waals surface area contributed by atoms with Crippen LogP contribution in [0.4, 0.5) is 10.5 Å². The van der Waals surface area contributed by atoms with Crippen LogP contribution in [0.3, 0.4) is 0 Å². The molecule has 1 unspecified atom stereocenters. The standard InChI is InChI=1S/C13H16N2O3/c1-8(9-2-3-9)14-13(16)15-10-4-5-11-12(6-10)18-7-17-11/h4-6,8-9H,2-3,7H2,1H3,(H2,14,15,16). The van der Waals surface area contributed by atoms with Crippen molar-refractivity contribution in [2.75, 3.05) is 12.1 Å². The summed E-state index contributed by atoms with van der Waals surface area (Å²) in [7, 11) is 0. The van der Waals surface area contributed by atoms with Gasteiger partial charge in [0.15, 0.2) is 11.5 Å². The fourth-order valence-electron chi connectivity index (χ4n) is 2.06. The molecule has 1 heterocycles. The van der Waals surface area contributed by atoms with Crippen molar-refractivity contribution < 1.29 is 14.3 Å². The molecule has 0 saturated heterocycles. The summed E-state index contributed by atoms with van der Waals surface area (Å²) in [5, 5.41) is 5.74. The van der Waals surface area contributed by atoms with Crippen LogP contribution in [-0.2, 0) is 0 Å². The molecular weight excluding hydrogens is 232 g/mol. The third-order valence-electron chi connectivity index (χ3n) is 3.32. The highest BCUT2D eigenvalue weighted by atomic mass is 16.7. The van der Waals surface area contributed by atoms with Crippen molar-refractivity contribution in [3.8, 4) is 11.5 Å². The molecule has 1 saturated carbocycles. The van der Waals surface area contributed by atoms with E-state index in [0.717, 1.165) is 0 Å². The molecule has 96 valence electrons.